The maximum Gasteiger partial charge on any atom is 0.267 e. The fourth-order valence-corrected chi connectivity index (χ4v) is 2.98. The zero-order valence-corrected chi connectivity index (χ0v) is 17.5. The number of aryl methyl sites for hydroxylation is 1. The Hall–Kier alpha value is -3.45. The summed E-state index contributed by atoms with van der Waals surface area (Å²) < 4.78 is 1.14. The van der Waals surface area contributed by atoms with Crippen LogP contribution in [0.1, 0.15) is 25.5 Å². The number of hydrogen-bond donors (Lipinski definition) is 2. The molecule has 3 aromatic rings. The van der Waals surface area contributed by atoms with Crippen LogP contribution in [-0.4, -0.2) is 21.6 Å². The number of aromatic nitrogens is 2. The van der Waals surface area contributed by atoms with Crippen LogP contribution in [0.2, 0.25) is 5.02 Å². The molecule has 0 saturated carbocycles. The SMILES string of the molecule is CC(=O)Nc1cc(-c2ccc(=O)n(C(C)C(=O)Nc3ccc(Cl)cc3)n2)ccc1C. The van der Waals surface area contributed by atoms with E-state index < -0.39 is 11.6 Å². The summed E-state index contributed by atoms with van der Waals surface area (Å²) >= 11 is 5.86. The van der Waals surface area contributed by atoms with E-state index in [9.17, 15) is 14.4 Å². The van der Waals surface area contributed by atoms with Crippen molar-refractivity contribution >= 4 is 34.8 Å². The van der Waals surface area contributed by atoms with Crippen LogP contribution in [-0.2, 0) is 9.59 Å². The number of benzene rings is 2. The first-order valence-corrected chi connectivity index (χ1v) is 9.67. The fourth-order valence-electron chi connectivity index (χ4n) is 2.85. The first kappa shape index (κ1) is 21.3. The number of halogens is 1. The molecule has 1 aromatic heterocycles. The van der Waals surface area contributed by atoms with Crippen LogP contribution < -0.4 is 16.2 Å². The maximum absolute atomic E-state index is 12.6. The Morgan fingerprint density at radius 1 is 1.03 bits per heavy atom. The number of anilines is 2. The highest BCUT2D eigenvalue weighted by molar-refractivity contribution is 6.30. The van der Waals surface area contributed by atoms with Crippen LogP contribution in [0, 0.1) is 6.92 Å². The van der Waals surface area contributed by atoms with E-state index in [1.807, 2.05) is 19.1 Å². The van der Waals surface area contributed by atoms with E-state index in [0.29, 0.717) is 27.7 Å². The summed E-state index contributed by atoms with van der Waals surface area (Å²) in [6.07, 6.45) is 0. The van der Waals surface area contributed by atoms with Crippen molar-refractivity contribution in [2.75, 3.05) is 10.6 Å². The summed E-state index contributed by atoms with van der Waals surface area (Å²) in [5.41, 5.74) is 2.95. The topological polar surface area (TPSA) is 93.1 Å². The van der Waals surface area contributed by atoms with Gasteiger partial charge in [-0.25, -0.2) is 4.68 Å². The number of amides is 2. The molecule has 8 heteroatoms. The summed E-state index contributed by atoms with van der Waals surface area (Å²) in [5.74, 6) is -0.562. The van der Waals surface area contributed by atoms with Gasteiger partial charge < -0.3 is 10.6 Å². The molecule has 2 N–H and O–H groups in total. The van der Waals surface area contributed by atoms with Crippen LogP contribution >= 0.6 is 11.6 Å². The highest BCUT2D eigenvalue weighted by Crippen LogP contribution is 2.24. The Bertz CT molecular complexity index is 1160. The predicted octanol–water partition coefficient (Wildman–Crippen LogP) is 4.03. The molecule has 0 spiro atoms. The van der Waals surface area contributed by atoms with Gasteiger partial charge in [-0.3, -0.25) is 14.4 Å². The smallest absolute Gasteiger partial charge is 0.267 e. The average Bonchev–Trinajstić information content (AvgIpc) is 2.71. The van der Waals surface area contributed by atoms with E-state index in [0.717, 1.165) is 10.2 Å². The van der Waals surface area contributed by atoms with Gasteiger partial charge in [-0.1, -0.05) is 23.7 Å². The summed E-state index contributed by atoms with van der Waals surface area (Å²) in [6.45, 7) is 4.92. The maximum atomic E-state index is 12.6. The molecule has 1 atom stereocenters. The van der Waals surface area contributed by atoms with Gasteiger partial charge in [-0.15, -0.1) is 0 Å². The lowest BCUT2D eigenvalue weighted by atomic mass is 10.1. The predicted molar refractivity (Wildman–Crippen MR) is 118 cm³/mol. The highest BCUT2D eigenvalue weighted by Gasteiger charge is 2.18. The van der Waals surface area contributed by atoms with Gasteiger partial charge in [0.1, 0.15) is 6.04 Å². The van der Waals surface area contributed by atoms with E-state index in [-0.39, 0.29) is 11.8 Å². The molecule has 3 rings (SSSR count). The minimum absolute atomic E-state index is 0.180. The fraction of sp³-hybridized carbons (Fsp3) is 0.182. The molecule has 0 saturated heterocycles. The highest BCUT2D eigenvalue weighted by atomic mass is 35.5. The second kappa shape index (κ2) is 8.92. The zero-order valence-electron chi connectivity index (χ0n) is 16.8. The van der Waals surface area contributed by atoms with Crippen molar-refractivity contribution in [2.24, 2.45) is 0 Å². The Balaban J connectivity index is 1.89. The second-order valence-corrected chi connectivity index (χ2v) is 7.32. The Morgan fingerprint density at radius 3 is 2.40 bits per heavy atom. The zero-order chi connectivity index (χ0) is 21.8. The molecule has 0 fully saturated rings. The van der Waals surface area contributed by atoms with Crippen LogP contribution in [0.4, 0.5) is 11.4 Å². The molecule has 0 aliphatic heterocycles. The van der Waals surface area contributed by atoms with Crippen molar-refractivity contribution in [3.63, 3.8) is 0 Å². The second-order valence-electron chi connectivity index (χ2n) is 6.88. The van der Waals surface area contributed by atoms with Crippen LogP contribution in [0.3, 0.4) is 0 Å². The molecule has 0 aliphatic rings. The van der Waals surface area contributed by atoms with Crippen LogP contribution in [0.5, 0.6) is 0 Å². The van der Waals surface area contributed by atoms with Gasteiger partial charge in [0.25, 0.3) is 5.56 Å². The van der Waals surface area contributed by atoms with Crippen LogP contribution in [0.15, 0.2) is 59.4 Å². The molecule has 2 amide bonds. The minimum atomic E-state index is -0.839. The van der Waals surface area contributed by atoms with E-state index in [2.05, 4.69) is 15.7 Å². The first-order chi connectivity index (χ1) is 14.2. The normalized spacial score (nSPS) is 11.6. The van der Waals surface area contributed by atoms with Gasteiger partial charge in [-0.2, -0.15) is 5.10 Å². The Labute approximate surface area is 178 Å². The van der Waals surface area contributed by atoms with Crippen molar-refractivity contribution in [1.29, 1.82) is 0 Å². The molecule has 0 bridgehead atoms. The van der Waals surface area contributed by atoms with Gasteiger partial charge in [-0.05, 0) is 55.8 Å². The summed E-state index contributed by atoms with van der Waals surface area (Å²) in [5, 5.41) is 10.5. The molecular formula is C22H21ClN4O3. The Kier molecular flexibility index (Phi) is 6.32. The standard InChI is InChI=1S/C22H21ClN4O3/c1-13-4-5-16(12-20(13)24-15(3)28)19-10-11-21(29)27(26-19)14(2)22(30)25-18-8-6-17(23)7-9-18/h4-12,14H,1-3H3,(H,24,28)(H,25,30). The summed E-state index contributed by atoms with van der Waals surface area (Å²) in [4.78, 5) is 36.4. The quantitative estimate of drug-likeness (QED) is 0.646. The number of nitrogens with zero attached hydrogens (tertiary/aromatic N) is 2. The van der Waals surface area contributed by atoms with Crippen molar-refractivity contribution in [2.45, 2.75) is 26.8 Å². The molecule has 1 unspecified atom stereocenters. The summed E-state index contributed by atoms with van der Waals surface area (Å²) in [6, 6.07) is 14.3. The third-order valence-electron chi connectivity index (χ3n) is 4.53. The largest absolute Gasteiger partial charge is 0.326 e. The molecule has 0 radical (unpaired) electrons. The molecule has 30 heavy (non-hydrogen) atoms. The van der Waals surface area contributed by atoms with Crippen LogP contribution in [0.25, 0.3) is 11.3 Å². The number of nitrogens with one attached hydrogen (secondary N) is 2. The number of rotatable bonds is 5. The minimum Gasteiger partial charge on any atom is -0.326 e. The average molecular weight is 425 g/mol. The van der Waals surface area contributed by atoms with E-state index in [1.165, 1.54) is 13.0 Å². The molecular weight excluding hydrogens is 404 g/mol. The van der Waals surface area contributed by atoms with Crippen molar-refractivity contribution in [3.8, 4) is 11.3 Å². The Morgan fingerprint density at radius 2 is 1.73 bits per heavy atom. The molecule has 1 heterocycles. The summed E-state index contributed by atoms with van der Waals surface area (Å²) in [7, 11) is 0. The van der Waals surface area contributed by atoms with Crippen molar-refractivity contribution < 1.29 is 9.59 Å². The lowest BCUT2D eigenvalue weighted by Crippen LogP contribution is -2.33. The first-order valence-electron chi connectivity index (χ1n) is 9.29. The number of carbonyl (C=O) groups is 2. The third kappa shape index (κ3) is 4.93. The van der Waals surface area contributed by atoms with Crippen molar-refractivity contribution in [1.82, 2.24) is 9.78 Å². The molecule has 154 valence electrons. The van der Waals surface area contributed by atoms with Gasteiger partial charge >= 0.3 is 0 Å². The molecule has 2 aromatic carbocycles. The number of hydrogen-bond acceptors (Lipinski definition) is 4. The van der Waals surface area contributed by atoms with E-state index in [1.54, 1.807) is 43.3 Å². The van der Waals surface area contributed by atoms with Crippen molar-refractivity contribution in [3.05, 3.63) is 75.5 Å². The third-order valence-corrected chi connectivity index (χ3v) is 4.78. The number of carbonyl (C=O) groups excluding carboxylic acids is 2. The van der Waals surface area contributed by atoms with Gasteiger partial charge in [0.2, 0.25) is 11.8 Å². The van der Waals surface area contributed by atoms with E-state index >= 15 is 0 Å². The van der Waals surface area contributed by atoms with Gasteiger partial charge in [0.15, 0.2) is 0 Å². The van der Waals surface area contributed by atoms with Gasteiger partial charge in [0.05, 0.1) is 5.69 Å². The monoisotopic (exact) mass is 424 g/mol. The van der Waals surface area contributed by atoms with E-state index in [4.69, 9.17) is 11.6 Å². The lowest BCUT2D eigenvalue weighted by Gasteiger charge is -2.15. The molecule has 7 nitrogen and oxygen atoms in total. The lowest BCUT2D eigenvalue weighted by molar-refractivity contribution is -0.119. The van der Waals surface area contributed by atoms with Gasteiger partial charge in [0, 0.05) is 35.0 Å². The molecule has 0 aliphatic carbocycles.